The maximum atomic E-state index is 10.8. The first kappa shape index (κ1) is 14.0. The highest BCUT2D eigenvalue weighted by Gasteiger charge is 2.24. The van der Waals surface area contributed by atoms with Gasteiger partial charge in [0.1, 0.15) is 6.29 Å². The normalized spacial score (nSPS) is 21.3. The molecule has 0 aliphatic heterocycles. The number of benzene rings is 2. The van der Waals surface area contributed by atoms with Gasteiger partial charge < -0.3 is 9.53 Å². The van der Waals surface area contributed by atoms with Crippen molar-refractivity contribution in [3.05, 3.63) is 60.2 Å². The molecule has 0 saturated heterocycles. The maximum absolute atomic E-state index is 10.8. The molecular formula is C19H20O2. The van der Waals surface area contributed by atoms with E-state index in [0.717, 1.165) is 25.5 Å². The third kappa shape index (κ3) is 3.40. The summed E-state index contributed by atoms with van der Waals surface area (Å²) in [6.45, 7) is 0.612. The minimum atomic E-state index is 0.194. The van der Waals surface area contributed by atoms with Crippen LogP contribution in [0.1, 0.15) is 24.8 Å². The van der Waals surface area contributed by atoms with Crippen LogP contribution in [0.25, 0.3) is 11.1 Å². The van der Waals surface area contributed by atoms with E-state index in [1.165, 1.54) is 16.7 Å². The molecule has 2 aromatic carbocycles. The van der Waals surface area contributed by atoms with Crippen molar-refractivity contribution < 1.29 is 9.53 Å². The van der Waals surface area contributed by atoms with Gasteiger partial charge >= 0.3 is 0 Å². The molecule has 2 unspecified atom stereocenters. The van der Waals surface area contributed by atoms with Gasteiger partial charge in [0.25, 0.3) is 0 Å². The summed E-state index contributed by atoms with van der Waals surface area (Å²) in [7, 11) is 0. The third-order valence-electron chi connectivity index (χ3n) is 4.19. The van der Waals surface area contributed by atoms with E-state index in [9.17, 15) is 4.79 Å². The van der Waals surface area contributed by atoms with Crippen LogP contribution in [0.15, 0.2) is 54.6 Å². The molecule has 1 saturated carbocycles. The zero-order valence-electron chi connectivity index (χ0n) is 12.1. The van der Waals surface area contributed by atoms with E-state index in [1.54, 1.807) is 0 Å². The SMILES string of the molecule is O=CC1CCC(OCc2ccccc2-c2ccccc2)C1. The van der Waals surface area contributed by atoms with Crippen molar-refractivity contribution >= 4 is 6.29 Å². The zero-order valence-corrected chi connectivity index (χ0v) is 12.1. The van der Waals surface area contributed by atoms with Gasteiger partial charge in [-0.3, -0.25) is 0 Å². The lowest BCUT2D eigenvalue weighted by molar-refractivity contribution is -0.111. The van der Waals surface area contributed by atoms with E-state index in [0.29, 0.717) is 6.61 Å². The molecule has 0 spiro atoms. The molecule has 21 heavy (non-hydrogen) atoms. The van der Waals surface area contributed by atoms with E-state index >= 15 is 0 Å². The number of hydrogen-bond donors (Lipinski definition) is 0. The zero-order chi connectivity index (χ0) is 14.5. The molecule has 0 amide bonds. The molecule has 0 aromatic heterocycles. The largest absolute Gasteiger partial charge is 0.373 e. The average Bonchev–Trinajstić information content (AvgIpc) is 3.02. The number of rotatable bonds is 5. The molecule has 0 heterocycles. The second kappa shape index (κ2) is 6.68. The fourth-order valence-electron chi connectivity index (χ4n) is 3.00. The summed E-state index contributed by atoms with van der Waals surface area (Å²) in [5.41, 5.74) is 3.65. The topological polar surface area (TPSA) is 26.3 Å². The van der Waals surface area contributed by atoms with Crippen molar-refractivity contribution in [2.24, 2.45) is 5.92 Å². The van der Waals surface area contributed by atoms with Crippen molar-refractivity contribution in [1.29, 1.82) is 0 Å². The molecule has 2 atom stereocenters. The van der Waals surface area contributed by atoms with Crippen LogP contribution in [0.2, 0.25) is 0 Å². The molecule has 1 aliphatic rings. The van der Waals surface area contributed by atoms with Gasteiger partial charge in [0, 0.05) is 5.92 Å². The van der Waals surface area contributed by atoms with Crippen LogP contribution in [0, 0.1) is 5.92 Å². The van der Waals surface area contributed by atoms with Crippen LogP contribution >= 0.6 is 0 Å². The van der Waals surface area contributed by atoms with Crippen LogP contribution in [0.5, 0.6) is 0 Å². The summed E-state index contributed by atoms with van der Waals surface area (Å²) in [5.74, 6) is 0.194. The highest BCUT2D eigenvalue weighted by atomic mass is 16.5. The predicted molar refractivity (Wildman–Crippen MR) is 83.9 cm³/mol. The fraction of sp³-hybridized carbons (Fsp3) is 0.316. The first-order chi connectivity index (χ1) is 10.4. The Bertz CT molecular complexity index is 592. The minimum absolute atomic E-state index is 0.194. The third-order valence-corrected chi connectivity index (χ3v) is 4.19. The fourth-order valence-corrected chi connectivity index (χ4v) is 3.00. The highest BCUT2D eigenvalue weighted by molar-refractivity contribution is 5.67. The lowest BCUT2D eigenvalue weighted by Crippen LogP contribution is -2.09. The first-order valence-corrected chi connectivity index (χ1v) is 7.57. The van der Waals surface area contributed by atoms with Gasteiger partial charge in [-0.15, -0.1) is 0 Å². The minimum Gasteiger partial charge on any atom is -0.373 e. The van der Waals surface area contributed by atoms with E-state index in [2.05, 4.69) is 42.5 Å². The van der Waals surface area contributed by atoms with Gasteiger partial charge in [0.15, 0.2) is 0 Å². The Balaban J connectivity index is 1.70. The molecule has 1 aliphatic carbocycles. The summed E-state index contributed by atoms with van der Waals surface area (Å²) < 4.78 is 6.02. The summed E-state index contributed by atoms with van der Waals surface area (Å²) in [4.78, 5) is 10.8. The van der Waals surface area contributed by atoms with Gasteiger partial charge in [-0.2, -0.15) is 0 Å². The Morgan fingerprint density at radius 1 is 1.00 bits per heavy atom. The Labute approximate surface area is 125 Å². The van der Waals surface area contributed by atoms with Gasteiger partial charge in [-0.25, -0.2) is 0 Å². The number of carbonyl (C=O) groups is 1. The van der Waals surface area contributed by atoms with Crippen molar-refractivity contribution in [3.63, 3.8) is 0 Å². The molecule has 3 rings (SSSR count). The van der Waals surface area contributed by atoms with Gasteiger partial charge in [-0.1, -0.05) is 54.6 Å². The van der Waals surface area contributed by atoms with Crippen molar-refractivity contribution in [1.82, 2.24) is 0 Å². The van der Waals surface area contributed by atoms with Crippen molar-refractivity contribution in [2.75, 3.05) is 0 Å². The van der Waals surface area contributed by atoms with Crippen molar-refractivity contribution in [2.45, 2.75) is 32.0 Å². The molecule has 2 aromatic rings. The van der Waals surface area contributed by atoms with Crippen LogP contribution < -0.4 is 0 Å². The van der Waals surface area contributed by atoms with Gasteiger partial charge in [0.05, 0.1) is 12.7 Å². The van der Waals surface area contributed by atoms with Crippen LogP contribution in [-0.2, 0) is 16.1 Å². The van der Waals surface area contributed by atoms with Gasteiger partial charge in [0.2, 0.25) is 0 Å². The smallest absolute Gasteiger partial charge is 0.123 e. The summed E-state index contributed by atoms with van der Waals surface area (Å²) >= 11 is 0. The first-order valence-electron chi connectivity index (χ1n) is 7.57. The summed E-state index contributed by atoms with van der Waals surface area (Å²) in [6.07, 6.45) is 4.13. The van der Waals surface area contributed by atoms with E-state index in [-0.39, 0.29) is 12.0 Å². The monoisotopic (exact) mass is 280 g/mol. The quantitative estimate of drug-likeness (QED) is 0.766. The molecule has 0 radical (unpaired) electrons. The second-order valence-electron chi connectivity index (χ2n) is 5.67. The molecule has 0 N–H and O–H groups in total. The Kier molecular flexibility index (Phi) is 4.46. The standard InChI is InChI=1S/C19H20O2/c20-13-15-10-11-18(12-15)21-14-17-8-4-5-9-19(17)16-6-2-1-3-7-16/h1-9,13,15,18H,10-12,14H2. The maximum Gasteiger partial charge on any atom is 0.123 e. The second-order valence-corrected chi connectivity index (χ2v) is 5.67. The Hall–Kier alpha value is -1.93. The van der Waals surface area contributed by atoms with E-state index < -0.39 is 0 Å². The van der Waals surface area contributed by atoms with E-state index in [4.69, 9.17) is 4.74 Å². The molecule has 1 fully saturated rings. The Morgan fingerprint density at radius 2 is 1.76 bits per heavy atom. The molecule has 2 heteroatoms. The van der Waals surface area contributed by atoms with E-state index in [1.807, 2.05) is 12.1 Å². The number of aldehydes is 1. The summed E-state index contributed by atoms with van der Waals surface area (Å²) in [6, 6.07) is 18.7. The molecule has 108 valence electrons. The van der Waals surface area contributed by atoms with Crippen LogP contribution in [-0.4, -0.2) is 12.4 Å². The van der Waals surface area contributed by atoms with Gasteiger partial charge in [-0.05, 0) is 36.0 Å². The number of ether oxygens (including phenoxy) is 1. The Morgan fingerprint density at radius 3 is 2.52 bits per heavy atom. The average molecular weight is 280 g/mol. The van der Waals surface area contributed by atoms with Crippen LogP contribution in [0.4, 0.5) is 0 Å². The number of hydrogen-bond acceptors (Lipinski definition) is 2. The highest BCUT2D eigenvalue weighted by Crippen LogP contribution is 2.29. The van der Waals surface area contributed by atoms with Crippen LogP contribution in [0.3, 0.4) is 0 Å². The lowest BCUT2D eigenvalue weighted by Gasteiger charge is -2.14. The molecular weight excluding hydrogens is 260 g/mol. The van der Waals surface area contributed by atoms with Crippen molar-refractivity contribution in [3.8, 4) is 11.1 Å². The molecule has 0 bridgehead atoms. The predicted octanol–water partition coefficient (Wildman–Crippen LogP) is 4.24. The number of carbonyl (C=O) groups excluding carboxylic acids is 1. The molecule has 2 nitrogen and oxygen atoms in total. The lowest BCUT2D eigenvalue weighted by atomic mass is 10.0. The summed E-state index contributed by atoms with van der Waals surface area (Å²) in [5, 5.41) is 0.